The maximum Gasteiger partial charge on any atom is 0.420 e. The molecule has 0 radical (unpaired) electrons. The fourth-order valence-electron chi connectivity index (χ4n) is 10.4. The molecule has 0 bridgehead atoms. The van der Waals surface area contributed by atoms with E-state index in [1.807, 2.05) is 198 Å². The van der Waals surface area contributed by atoms with Crippen LogP contribution in [-0.4, -0.2) is 9.13 Å². The van der Waals surface area contributed by atoms with Gasteiger partial charge in [-0.25, -0.2) is 8.78 Å². The second kappa shape index (κ2) is 17.1. The van der Waals surface area contributed by atoms with Gasteiger partial charge in [0, 0.05) is 21.5 Å². The lowest BCUT2D eigenvalue weighted by Crippen LogP contribution is -2.16. The number of rotatable bonds is 7. The molecular formula is C65H45F5N2. The fraction of sp³-hybridized carbons (Fsp3) is 0.0769. The topological polar surface area (TPSA) is 9.86 Å². The molecule has 350 valence electrons. The van der Waals surface area contributed by atoms with Crippen molar-refractivity contribution in [2.24, 2.45) is 0 Å². The summed E-state index contributed by atoms with van der Waals surface area (Å²) in [4.78, 5) is 0. The largest absolute Gasteiger partial charge is 0.420 e. The normalized spacial score (nSPS) is 12.0. The number of fused-ring (bicyclic) bond motifs is 6. The van der Waals surface area contributed by atoms with Crippen molar-refractivity contribution in [3.8, 4) is 67.0 Å². The second-order valence-electron chi connectivity index (χ2n) is 19.0. The van der Waals surface area contributed by atoms with E-state index >= 15 is 22.0 Å². The van der Waals surface area contributed by atoms with E-state index in [1.54, 1.807) is 9.13 Å². The van der Waals surface area contributed by atoms with E-state index in [-0.39, 0.29) is 16.9 Å². The first-order valence-corrected chi connectivity index (χ1v) is 23.9. The summed E-state index contributed by atoms with van der Waals surface area (Å²) in [5, 5.41) is 2.88. The Labute approximate surface area is 413 Å². The molecular weight excluding hydrogens is 904 g/mol. The van der Waals surface area contributed by atoms with Crippen LogP contribution in [-0.2, 0) is 6.18 Å². The van der Waals surface area contributed by atoms with Gasteiger partial charge in [-0.2, -0.15) is 13.2 Å². The third-order valence-corrected chi connectivity index (χ3v) is 14.2. The van der Waals surface area contributed by atoms with Gasteiger partial charge in [0.1, 0.15) is 17.2 Å². The molecule has 0 unspecified atom stereocenters. The zero-order valence-corrected chi connectivity index (χ0v) is 39.8. The molecule has 0 saturated heterocycles. The molecule has 0 spiro atoms. The molecule has 0 saturated carbocycles. The molecule has 2 nitrogen and oxygen atoms in total. The summed E-state index contributed by atoms with van der Waals surface area (Å²) in [6.07, 6.45) is -4.99. The minimum Gasteiger partial charge on any atom is -0.309 e. The zero-order chi connectivity index (χ0) is 49.6. The van der Waals surface area contributed by atoms with E-state index in [9.17, 15) is 0 Å². The maximum absolute atomic E-state index is 16.9. The molecule has 0 aliphatic rings. The van der Waals surface area contributed by atoms with Crippen molar-refractivity contribution in [2.45, 2.75) is 33.9 Å². The molecule has 10 aromatic carbocycles. The first-order chi connectivity index (χ1) is 34.8. The molecule has 12 rings (SSSR count). The number of hydrogen-bond donors (Lipinski definition) is 0. The molecule has 12 aromatic rings. The number of nitrogens with zero attached hydrogens (tertiary/aromatic N) is 2. The minimum atomic E-state index is -4.99. The van der Waals surface area contributed by atoms with Gasteiger partial charge in [-0.1, -0.05) is 150 Å². The molecule has 72 heavy (non-hydrogen) atoms. The average Bonchev–Trinajstić information content (AvgIpc) is 3.88. The van der Waals surface area contributed by atoms with Gasteiger partial charge in [-0.15, -0.1) is 0 Å². The van der Waals surface area contributed by atoms with Crippen molar-refractivity contribution in [1.82, 2.24) is 9.13 Å². The highest BCUT2D eigenvalue weighted by Gasteiger charge is 2.40. The van der Waals surface area contributed by atoms with Crippen LogP contribution >= 0.6 is 0 Å². The average molecular weight is 949 g/mol. The van der Waals surface area contributed by atoms with Crippen LogP contribution < -0.4 is 0 Å². The third-order valence-electron chi connectivity index (χ3n) is 14.2. The maximum atomic E-state index is 16.9. The van der Waals surface area contributed by atoms with E-state index < -0.39 is 28.9 Å². The molecule has 0 aliphatic carbocycles. The Balaban J connectivity index is 1.21. The molecule has 0 N–H and O–H groups in total. The van der Waals surface area contributed by atoms with Crippen LogP contribution in [0.5, 0.6) is 0 Å². The molecule has 0 atom stereocenters. The van der Waals surface area contributed by atoms with E-state index in [2.05, 4.69) is 0 Å². The number of aromatic nitrogens is 2. The predicted molar refractivity (Wildman–Crippen MR) is 286 cm³/mol. The number of hydrogen-bond acceptors (Lipinski definition) is 0. The zero-order valence-electron chi connectivity index (χ0n) is 39.8. The van der Waals surface area contributed by atoms with Crippen LogP contribution in [0.4, 0.5) is 22.0 Å². The lowest BCUT2D eigenvalue weighted by atomic mass is 9.98. The van der Waals surface area contributed by atoms with Crippen molar-refractivity contribution in [3.63, 3.8) is 0 Å². The summed E-state index contributed by atoms with van der Waals surface area (Å²) >= 11 is 0. The molecule has 0 aliphatic heterocycles. The molecule has 0 fully saturated rings. The van der Waals surface area contributed by atoms with Crippen LogP contribution in [0.2, 0.25) is 0 Å². The third kappa shape index (κ3) is 7.64. The Morgan fingerprint density at radius 2 is 0.569 bits per heavy atom. The van der Waals surface area contributed by atoms with Gasteiger partial charge in [0.2, 0.25) is 0 Å². The smallest absolute Gasteiger partial charge is 0.309 e. The Kier molecular flexibility index (Phi) is 10.6. The van der Waals surface area contributed by atoms with Crippen LogP contribution in [0.15, 0.2) is 200 Å². The van der Waals surface area contributed by atoms with E-state index in [0.717, 1.165) is 100 Å². The lowest BCUT2D eigenvalue weighted by molar-refractivity contribution is -0.137. The first kappa shape index (κ1) is 44.6. The van der Waals surface area contributed by atoms with Crippen molar-refractivity contribution in [2.75, 3.05) is 0 Å². The van der Waals surface area contributed by atoms with Crippen molar-refractivity contribution in [1.29, 1.82) is 0 Å². The Bertz CT molecular complexity index is 3640. The van der Waals surface area contributed by atoms with Crippen LogP contribution in [0, 0.1) is 39.3 Å². The Morgan fingerprint density at radius 3 is 0.833 bits per heavy atom. The van der Waals surface area contributed by atoms with Gasteiger partial charge in [-0.05, 0) is 151 Å². The number of halogens is 5. The fourth-order valence-corrected chi connectivity index (χ4v) is 10.4. The molecule has 0 amide bonds. The van der Waals surface area contributed by atoms with Crippen LogP contribution in [0.25, 0.3) is 111 Å². The van der Waals surface area contributed by atoms with E-state index in [4.69, 9.17) is 0 Å². The summed E-state index contributed by atoms with van der Waals surface area (Å²) in [7, 11) is 0. The van der Waals surface area contributed by atoms with E-state index in [1.165, 1.54) is 18.2 Å². The molecule has 7 heteroatoms. The first-order valence-electron chi connectivity index (χ1n) is 23.9. The highest BCUT2D eigenvalue weighted by Crippen LogP contribution is 2.48. The molecule has 2 heterocycles. The van der Waals surface area contributed by atoms with Gasteiger partial charge in [0.05, 0.1) is 39.0 Å². The monoisotopic (exact) mass is 948 g/mol. The molecule has 2 aromatic heterocycles. The van der Waals surface area contributed by atoms with Gasteiger partial charge in [0.15, 0.2) is 0 Å². The van der Waals surface area contributed by atoms with Crippen molar-refractivity contribution in [3.05, 3.63) is 240 Å². The summed E-state index contributed by atoms with van der Waals surface area (Å²) in [5.74, 6) is -1.79. The van der Waals surface area contributed by atoms with Crippen molar-refractivity contribution < 1.29 is 22.0 Å². The van der Waals surface area contributed by atoms with Crippen LogP contribution in [0.3, 0.4) is 0 Å². The number of benzene rings is 10. The summed E-state index contributed by atoms with van der Waals surface area (Å²) in [6, 6.07) is 61.8. The van der Waals surface area contributed by atoms with Crippen LogP contribution in [0.1, 0.15) is 27.8 Å². The Hall–Kier alpha value is -8.55. The van der Waals surface area contributed by atoms with E-state index in [0.29, 0.717) is 22.1 Å². The highest BCUT2D eigenvalue weighted by atomic mass is 19.4. The van der Waals surface area contributed by atoms with Gasteiger partial charge < -0.3 is 9.13 Å². The van der Waals surface area contributed by atoms with Gasteiger partial charge >= 0.3 is 6.18 Å². The van der Waals surface area contributed by atoms with Gasteiger partial charge in [-0.3, -0.25) is 0 Å². The summed E-state index contributed by atoms with van der Waals surface area (Å²) in [5.41, 5.74) is 11.8. The summed E-state index contributed by atoms with van der Waals surface area (Å²) < 4.78 is 86.4. The minimum absolute atomic E-state index is 0.0475. The predicted octanol–water partition coefficient (Wildman–Crippen LogP) is 18.7. The number of aryl methyl sites for hydroxylation is 4. The van der Waals surface area contributed by atoms with Gasteiger partial charge in [0.25, 0.3) is 0 Å². The standard InChI is InChI=1S/C65H45F5N2/c1-38-8-16-42(17-9-38)46-24-28-57-51(32-46)52-33-47(43-18-10-39(2)11-19-43)25-29-58(52)71(57)61-36-50(63-55(66)6-5-7-56(63)67)37-62(64(61)65(68,69)70)72-59-30-26-48(44-20-12-40(3)13-21-44)34-53(59)54-35-49(27-31-60(54)72)45-22-14-41(4)15-23-45/h5-37H,1-4H3. The lowest BCUT2D eigenvalue weighted by Gasteiger charge is -2.23. The number of alkyl halides is 3. The Morgan fingerprint density at radius 1 is 0.306 bits per heavy atom. The van der Waals surface area contributed by atoms with Crippen molar-refractivity contribution >= 4 is 43.6 Å². The quantitative estimate of drug-likeness (QED) is 0.141. The SMILES string of the molecule is Cc1ccc(-c2ccc3c(c2)c2cc(-c4ccc(C)cc4)ccc2n3-c2cc(-c3c(F)cccc3F)cc(-n3c4ccc(-c5ccc(C)cc5)cc4c4cc(-c5ccc(C)cc5)ccc43)c2C(F)(F)F)cc1. The summed E-state index contributed by atoms with van der Waals surface area (Å²) in [6.45, 7) is 8.08. The second-order valence-corrected chi connectivity index (χ2v) is 19.0. The highest BCUT2D eigenvalue weighted by molar-refractivity contribution is 6.13.